The first-order chi connectivity index (χ1) is 41.3. The molecule has 11 aromatic carbocycles. The Labute approximate surface area is 468 Å². The molecule has 0 saturated carbocycles. The van der Waals surface area contributed by atoms with E-state index in [-0.39, 0.29) is 5.56 Å². The third-order valence-electron chi connectivity index (χ3n) is 16.1. The van der Waals surface area contributed by atoms with Crippen LogP contribution in [0, 0.1) is 13.2 Å². The molecule has 0 spiro atoms. The van der Waals surface area contributed by atoms with E-state index in [1.54, 1.807) is 12.3 Å². The lowest BCUT2D eigenvalue weighted by Gasteiger charge is -2.17. The van der Waals surface area contributed by atoms with Gasteiger partial charge in [0, 0.05) is 76.4 Å². The van der Waals surface area contributed by atoms with Crippen LogP contribution in [0.1, 0.15) is 9.68 Å². The highest BCUT2D eigenvalue weighted by Gasteiger charge is 2.21. The van der Waals surface area contributed by atoms with Crippen LogP contribution in [0.4, 0.5) is 0 Å². The van der Waals surface area contributed by atoms with Gasteiger partial charge in [0.1, 0.15) is 28.5 Å². The van der Waals surface area contributed by atoms with Crippen molar-refractivity contribution in [3.63, 3.8) is 0 Å². The molecule has 380 valence electrons. The number of para-hydroxylation sites is 8. The maximum absolute atomic E-state index is 9.26. The number of pyridine rings is 1. The zero-order valence-corrected chi connectivity index (χ0v) is 43.3. The van der Waals surface area contributed by atoms with Gasteiger partial charge in [0.2, 0.25) is 0 Å². The van der Waals surface area contributed by atoms with Gasteiger partial charge in [-0.25, -0.2) is 4.98 Å². The molecule has 0 fully saturated rings. The molecule has 8 nitrogen and oxygen atoms in total. The number of hydrogen-bond acceptors (Lipinski definition) is 3. The van der Waals surface area contributed by atoms with Crippen molar-refractivity contribution in [3.8, 4) is 51.2 Å². The second-order valence-corrected chi connectivity index (χ2v) is 20.7. The summed E-state index contributed by atoms with van der Waals surface area (Å²) in [6.07, 6.45) is 5.39. The van der Waals surface area contributed by atoms with E-state index in [0.717, 1.165) is 127 Å². The number of rotatable bonds is 8. The Hall–Kier alpha value is -11.0. The lowest BCUT2D eigenvalue weighted by Crippen LogP contribution is -2.29. The van der Waals surface area contributed by atoms with Gasteiger partial charge < -0.3 is 18.3 Å². The van der Waals surface area contributed by atoms with Gasteiger partial charge in [-0.15, -0.1) is 0 Å². The highest BCUT2D eigenvalue weighted by Crippen LogP contribution is 2.41. The van der Waals surface area contributed by atoms with Gasteiger partial charge in [0.25, 0.3) is 6.33 Å². The van der Waals surface area contributed by atoms with E-state index in [2.05, 4.69) is 194 Å². The third-order valence-corrected chi connectivity index (χ3v) is 16.1. The number of benzene rings is 11. The lowest BCUT2D eigenvalue weighted by molar-refractivity contribution is -0.572. The normalized spacial score (nSPS) is 12.7. The summed E-state index contributed by atoms with van der Waals surface area (Å²) in [4.78, 5) is 5.24. The zero-order chi connectivity index (χ0) is 55.8. The Morgan fingerprint density at radius 2 is 0.963 bits per heavy atom. The van der Waals surface area contributed by atoms with Crippen LogP contribution in [0.15, 0.2) is 265 Å². The number of hydrogen-bond donors (Lipinski definition) is 0. The van der Waals surface area contributed by atoms with Gasteiger partial charge in [-0.2, -0.15) is 0 Å². The SMILES string of the molecule is [2H]C([2H])([2H])c1cc(-n2c3ccccc3c3ccc(Oc4cccc(-n5[c-][n+](-c6ccc7oc8ccccc8c7c6)c6ccccc65)c4)cc32)ncc1-c1cc(-n2c3ccccc3c3ccccc32)cc(-n2c3ccccc3c3ccccc32)c1. The van der Waals surface area contributed by atoms with E-state index in [9.17, 15) is 4.11 Å². The number of imidazole rings is 1. The molecule has 6 aromatic heterocycles. The number of furan rings is 1. The highest BCUT2D eigenvalue weighted by molar-refractivity contribution is 6.12. The molecule has 0 unspecified atom stereocenters. The molecule has 8 heteroatoms. The Kier molecular flexibility index (Phi) is 9.11. The Morgan fingerprint density at radius 3 is 1.60 bits per heavy atom. The molecule has 0 saturated heterocycles. The molecule has 0 aliphatic rings. The van der Waals surface area contributed by atoms with Crippen LogP contribution in [-0.2, 0) is 0 Å². The summed E-state index contributed by atoms with van der Waals surface area (Å²) in [5, 5.41) is 8.61. The molecular weight excluding hydrogens is 993 g/mol. The van der Waals surface area contributed by atoms with Crippen molar-refractivity contribution in [1.82, 2.24) is 23.3 Å². The van der Waals surface area contributed by atoms with E-state index >= 15 is 0 Å². The van der Waals surface area contributed by atoms with E-state index in [1.165, 1.54) is 0 Å². The maximum atomic E-state index is 9.26. The molecule has 0 aliphatic carbocycles. The van der Waals surface area contributed by atoms with Gasteiger partial charge in [-0.1, -0.05) is 140 Å². The molecule has 17 rings (SSSR count). The average Bonchev–Trinajstić information content (AvgIpc) is 2.49. The predicted octanol–water partition coefficient (Wildman–Crippen LogP) is 18.1. The lowest BCUT2D eigenvalue weighted by atomic mass is 10.0. The smallest absolute Gasteiger partial charge is 0.269 e. The Balaban J connectivity index is 0.792. The monoisotopic (exact) mass is 1040 g/mol. The van der Waals surface area contributed by atoms with Gasteiger partial charge >= 0.3 is 0 Å². The molecule has 0 N–H and O–H groups in total. The first-order valence-electron chi connectivity index (χ1n) is 28.6. The number of aromatic nitrogens is 6. The van der Waals surface area contributed by atoms with Crippen molar-refractivity contribution in [2.45, 2.75) is 6.85 Å². The standard InChI is InChI=1S/C73H46N6O2/c1-46-37-73(74-44-62(46)47-38-50(77-63-25-8-2-19-54(63)55-20-3-9-26-64(55)77)40-51(39-47)78-65-27-10-4-21-56(65)57-22-5-11-28-66(57)78)79-67-29-12-6-23-58(67)59-35-34-53(43-70(59)79)80-52-18-16-17-48(41-52)75-45-76(69-31-14-13-30-68(69)75)49-33-36-72-61(42-49)60-24-7-15-32-71(60)81-72/h2-44H,1H3/i1D3. The van der Waals surface area contributed by atoms with Crippen molar-refractivity contribution >= 4 is 98.4 Å². The third kappa shape index (κ3) is 6.97. The van der Waals surface area contributed by atoms with Crippen LogP contribution in [0.3, 0.4) is 0 Å². The van der Waals surface area contributed by atoms with E-state index in [0.29, 0.717) is 22.9 Å². The minimum atomic E-state index is -2.54. The summed E-state index contributed by atoms with van der Waals surface area (Å²) >= 11 is 0. The van der Waals surface area contributed by atoms with E-state index < -0.39 is 6.85 Å². The predicted molar refractivity (Wildman–Crippen MR) is 328 cm³/mol. The molecule has 0 bridgehead atoms. The maximum Gasteiger partial charge on any atom is 0.269 e. The van der Waals surface area contributed by atoms with Crippen molar-refractivity contribution in [2.24, 2.45) is 0 Å². The zero-order valence-electron chi connectivity index (χ0n) is 46.3. The van der Waals surface area contributed by atoms with Gasteiger partial charge in [-0.3, -0.25) is 13.7 Å². The van der Waals surface area contributed by atoms with Crippen molar-refractivity contribution in [1.29, 1.82) is 0 Å². The van der Waals surface area contributed by atoms with Crippen LogP contribution in [0.5, 0.6) is 11.5 Å². The van der Waals surface area contributed by atoms with Crippen LogP contribution < -0.4 is 9.30 Å². The summed E-state index contributed by atoms with van der Waals surface area (Å²) in [6.45, 7) is -2.54. The van der Waals surface area contributed by atoms with Gasteiger partial charge in [0.15, 0.2) is 0 Å². The quantitative estimate of drug-likeness (QED) is 0.113. The number of aryl methyl sites for hydroxylation is 1. The van der Waals surface area contributed by atoms with Crippen molar-refractivity contribution in [2.75, 3.05) is 0 Å². The van der Waals surface area contributed by atoms with Crippen LogP contribution in [0.2, 0.25) is 0 Å². The van der Waals surface area contributed by atoms with Gasteiger partial charge in [0.05, 0.1) is 55.5 Å². The van der Waals surface area contributed by atoms with Crippen LogP contribution in [-0.4, -0.2) is 23.3 Å². The molecular formula is C73H46N6O2. The van der Waals surface area contributed by atoms with Crippen LogP contribution in [0.25, 0.3) is 138 Å². The largest absolute Gasteiger partial charge is 0.458 e. The van der Waals surface area contributed by atoms with Gasteiger partial charge in [-0.05, 0) is 127 Å². The fourth-order valence-corrected chi connectivity index (χ4v) is 12.6. The van der Waals surface area contributed by atoms with Crippen molar-refractivity contribution < 1.29 is 17.8 Å². The summed E-state index contributed by atoms with van der Waals surface area (Å²) < 4.78 is 51.5. The second kappa shape index (κ2) is 17.5. The first-order valence-corrected chi connectivity index (χ1v) is 27.1. The average molecular weight is 1040 g/mol. The van der Waals surface area contributed by atoms with E-state index in [4.69, 9.17) is 14.1 Å². The van der Waals surface area contributed by atoms with Crippen molar-refractivity contribution in [3.05, 3.63) is 273 Å². The number of fused-ring (bicyclic) bond motifs is 13. The fourth-order valence-electron chi connectivity index (χ4n) is 12.6. The minimum Gasteiger partial charge on any atom is -0.458 e. The Morgan fingerprint density at radius 1 is 0.420 bits per heavy atom. The molecule has 0 radical (unpaired) electrons. The molecule has 0 atom stereocenters. The highest BCUT2D eigenvalue weighted by atomic mass is 16.5. The fraction of sp³-hybridized carbons (Fsp3) is 0.0137. The summed E-state index contributed by atoms with van der Waals surface area (Å²) in [5.74, 6) is 1.71. The summed E-state index contributed by atoms with van der Waals surface area (Å²) in [5.41, 5.74) is 14.6. The first kappa shape index (κ1) is 42.1. The Bertz CT molecular complexity index is 5320. The van der Waals surface area contributed by atoms with Crippen LogP contribution >= 0.6 is 0 Å². The number of ether oxygens (including phenoxy) is 1. The summed E-state index contributed by atoms with van der Waals surface area (Å²) in [6, 6.07) is 86.9. The summed E-state index contributed by atoms with van der Waals surface area (Å²) in [7, 11) is 0. The molecule has 0 aliphatic heterocycles. The molecule has 81 heavy (non-hydrogen) atoms. The molecule has 17 aromatic rings. The van der Waals surface area contributed by atoms with E-state index in [1.807, 2.05) is 83.4 Å². The molecule has 6 heterocycles. The minimum absolute atomic E-state index is 0.182. The molecule has 0 amide bonds. The topological polar surface area (TPSA) is 58.9 Å². The second-order valence-electron chi connectivity index (χ2n) is 20.7. The number of nitrogens with zero attached hydrogens (tertiary/aromatic N) is 6.